The normalized spacial score (nSPS) is 27.6. The van der Waals surface area contributed by atoms with Crippen molar-refractivity contribution in [2.24, 2.45) is 5.73 Å². The van der Waals surface area contributed by atoms with E-state index in [0.717, 1.165) is 12.8 Å². The van der Waals surface area contributed by atoms with Crippen LogP contribution in [-0.2, 0) is 14.3 Å². The smallest absolute Gasteiger partial charge is 0.334 e. The molecule has 2 N–H and O–H groups in total. The molecule has 0 aliphatic heterocycles. The molecule has 0 amide bonds. The van der Waals surface area contributed by atoms with E-state index in [4.69, 9.17) is 10.5 Å². The Morgan fingerprint density at radius 3 is 2.47 bits per heavy atom. The third-order valence-corrected chi connectivity index (χ3v) is 2.49. The SMILES string of the molecule is CC(C)(C)OC(=O)C1(N)CCCCC1=O. The minimum absolute atomic E-state index is 0.192. The Morgan fingerprint density at radius 1 is 1.40 bits per heavy atom. The summed E-state index contributed by atoms with van der Waals surface area (Å²) in [4.78, 5) is 23.4. The van der Waals surface area contributed by atoms with E-state index in [9.17, 15) is 9.59 Å². The quantitative estimate of drug-likeness (QED) is 0.524. The van der Waals surface area contributed by atoms with Crippen LogP contribution in [0.4, 0.5) is 0 Å². The fraction of sp³-hybridized carbons (Fsp3) is 0.818. The monoisotopic (exact) mass is 213 g/mol. The number of carbonyl (C=O) groups is 2. The lowest BCUT2D eigenvalue weighted by molar-refractivity contribution is -0.165. The van der Waals surface area contributed by atoms with Gasteiger partial charge in [0.25, 0.3) is 0 Å². The summed E-state index contributed by atoms with van der Waals surface area (Å²) in [7, 11) is 0. The fourth-order valence-electron chi connectivity index (χ4n) is 1.64. The van der Waals surface area contributed by atoms with Gasteiger partial charge in [-0.2, -0.15) is 0 Å². The average Bonchev–Trinajstić information content (AvgIpc) is 2.07. The summed E-state index contributed by atoms with van der Waals surface area (Å²) < 4.78 is 5.17. The maximum Gasteiger partial charge on any atom is 0.334 e. The molecule has 0 aromatic carbocycles. The van der Waals surface area contributed by atoms with Crippen LogP contribution in [0, 0.1) is 0 Å². The van der Waals surface area contributed by atoms with Gasteiger partial charge in [0, 0.05) is 6.42 Å². The number of hydrogen-bond acceptors (Lipinski definition) is 4. The van der Waals surface area contributed by atoms with Gasteiger partial charge in [-0.25, -0.2) is 4.79 Å². The highest BCUT2D eigenvalue weighted by atomic mass is 16.6. The summed E-state index contributed by atoms with van der Waals surface area (Å²) in [6.07, 6.45) is 2.42. The summed E-state index contributed by atoms with van der Waals surface area (Å²) in [6, 6.07) is 0. The van der Waals surface area contributed by atoms with Crippen molar-refractivity contribution >= 4 is 11.8 Å². The van der Waals surface area contributed by atoms with Crippen LogP contribution >= 0.6 is 0 Å². The molecule has 15 heavy (non-hydrogen) atoms. The van der Waals surface area contributed by atoms with Gasteiger partial charge in [0.15, 0.2) is 11.3 Å². The van der Waals surface area contributed by atoms with Crippen molar-refractivity contribution in [1.82, 2.24) is 0 Å². The van der Waals surface area contributed by atoms with Crippen LogP contribution < -0.4 is 5.73 Å². The van der Waals surface area contributed by atoms with Crippen molar-refractivity contribution in [2.45, 2.75) is 57.6 Å². The van der Waals surface area contributed by atoms with Gasteiger partial charge in [0.05, 0.1) is 0 Å². The first kappa shape index (κ1) is 12.2. The van der Waals surface area contributed by atoms with Gasteiger partial charge in [-0.15, -0.1) is 0 Å². The van der Waals surface area contributed by atoms with Crippen LogP contribution in [0.2, 0.25) is 0 Å². The van der Waals surface area contributed by atoms with Crippen LogP contribution in [0.5, 0.6) is 0 Å². The third kappa shape index (κ3) is 2.78. The second-order valence-corrected chi connectivity index (χ2v) is 5.10. The molecule has 0 saturated heterocycles. The van der Waals surface area contributed by atoms with Crippen molar-refractivity contribution in [3.63, 3.8) is 0 Å². The molecular formula is C11H19NO3. The maximum absolute atomic E-state index is 11.8. The molecule has 1 saturated carbocycles. The van der Waals surface area contributed by atoms with Crippen LogP contribution in [0.25, 0.3) is 0 Å². The Kier molecular flexibility index (Phi) is 3.19. The summed E-state index contributed by atoms with van der Waals surface area (Å²) in [6.45, 7) is 5.30. The Balaban J connectivity index is 2.76. The molecule has 1 atom stereocenters. The van der Waals surface area contributed by atoms with Crippen LogP contribution in [-0.4, -0.2) is 22.9 Å². The molecule has 0 radical (unpaired) electrons. The molecule has 1 fully saturated rings. The molecule has 86 valence electrons. The first-order chi connectivity index (χ1) is 6.76. The Bertz CT molecular complexity index is 280. The van der Waals surface area contributed by atoms with Gasteiger partial charge in [-0.3, -0.25) is 4.79 Å². The zero-order valence-corrected chi connectivity index (χ0v) is 9.63. The lowest BCUT2D eigenvalue weighted by atomic mass is 9.81. The number of esters is 1. The maximum atomic E-state index is 11.8. The van der Waals surface area contributed by atoms with E-state index in [1.807, 2.05) is 0 Å². The van der Waals surface area contributed by atoms with E-state index >= 15 is 0 Å². The molecule has 1 aliphatic rings. The summed E-state index contributed by atoms with van der Waals surface area (Å²) >= 11 is 0. The molecule has 1 rings (SSSR count). The van der Waals surface area contributed by atoms with E-state index in [2.05, 4.69) is 0 Å². The molecular weight excluding hydrogens is 194 g/mol. The van der Waals surface area contributed by atoms with Crippen molar-refractivity contribution < 1.29 is 14.3 Å². The lowest BCUT2D eigenvalue weighted by Gasteiger charge is -2.32. The lowest BCUT2D eigenvalue weighted by Crippen LogP contribution is -2.58. The summed E-state index contributed by atoms with van der Waals surface area (Å²) in [5.74, 6) is -0.775. The number of nitrogens with two attached hydrogens (primary N) is 1. The number of carbonyl (C=O) groups excluding carboxylic acids is 2. The van der Waals surface area contributed by atoms with Gasteiger partial charge in [0.2, 0.25) is 0 Å². The first-order valence-corrected chi connectivity index (χ1v) is 5.31. The van der Waals surface area contributed by atoms with Crippen LogP contribution in [0.15, 0.2) is 0 Å². The average molecular weight is 213 g/mol. The number of Topliss-reactive ketones (excluding diaryl/α,β-unsaturated/α-hetero) is 1. The van der Waals surface area contributed by atoms with Gasteiger partial charge >= 0.3 is 5.97 Å². The van der Waals surface area contributed by atoms with Crippen molar-refractivity contribution in [3.05, 3.63) is 0 Å². The predicted molar refractivity (Wildman–Crippen MR) is 56.2 cm³/mol. The minimum atomic E-state index is -1.40. The molecule has 1 aliphatic carbocycles. The highest BCUT2D eigenvalue weighted by molar-refractivity contribution is 6.08. The van der Waals surface area contributed by atoms with Crippen molar-refractivity contribution in [3.8, 4) is 0 Å². The largest absolute Gasteiger partial charge is 0.458 e. The molecule has 0 spiro atoms. The topological polar surface area (TPSA) is 69.4 Å². The van der Waals surface area contributed by atoms with Gasteiger partial charge in [0.1, 0.15) is 5.60 Å². The molecule has 0 aromatic heterocycles. The molecule has 1 unspecified atom stereocenters. The van der Waals surface area contributed by atoms with Gasteiger partial charge < -0.3 is 10.5 Å². The first-order valence-electron chi connectivity index (χ1n) is 5.31. The van der Waals surface area contributed by atoms with E-state index in [1.54, 1.807) is 20.8 Å². The minimum Gasteiger partial charge on any atom is -0.458 e. The number of ether oxygens (including phenoxy) is 1. The van der Waals surface area contributed by atoms with Crippen molar-refractivity contribution in [2.75, 3.05) is 0 Å². The number of hydrogen-bond donors (Lipinski definition) is 1. The van der Waals surface area contributed by atoms with Crippen LogP contribution in [0.1, 0.15) is 46.5 Å². The van der Waals surface area contributed by atoms with Gasteiger partial charge in [-0.05, 0) is 33.6 Å². The number of ketones is 1. The van der Waals surface area contributed by atoms with E-state index in [1.165, 1.54) is 0 Å². The molecule has 0 aromatic rings. The molecule has 0 heterocycles. The molecule has 4 nitrogen and oxygen atoms in total. The van der Waals surface area contributed by atoms with E-state index in [-0.39, 0.29) is 5.78 Å². The van der Waals surface area contributed by atoms with Crippen LogP contribution in [0.3, 0.4) is 0 Å². The van der Waals surface area contributed by atoms with E-state index < -0.39 is 17.1 Å². The second kappa shape index (κ2) is 3.93. The van der Waals surface area contributed by atoms with E-state index in [0.29, 0.717) is 12.8 Å². The molecule has 4 heteroatoms. The zero-order chi connectivity index (χ0) is 11.7. The zero-order valence-electron chi connectivity index (χ0n) is 9.63. The summed E-state index contributed by atoms with van der Waals surface area (Å²) in [5, 5.41) is 0. The second-order valence-electron chi connectivity index (χ2n) is 5.10. The van der Waals surface area contributed by atoms with Crippen molar-refractivity contribution in [1.29, 1.82) is 0 Å². The Hall–Kier alpha value is -0.900. The fourth-order valence-corrected chi connectivity index (χ4v) is 1.64. The Morgan fingerprint density at radius 2 is 2.00 bits per heavy atom. The highest BCUT2D eigenvalue weighted by Gasteiger charge is 2.45. The predicted octanol–water partition coefficient (Wildman–Crippen LogP) is 1.17. The number of rotatable bonds is 1. The summed E-state index contributed by atoms with van der Waals surface area (Å²) in [5.41, 5.74) is 3.84. The molecule has 0 bridgehead atoms. The Labute approximate surface area is 90.2 Å². The standard InChI is InChI=1S/C11H19NO3/c1-10(2,3)15-9(14)11(12)7-5-4-6-8(11)13/h4-7,12H2,1-3H3. The highest BCUT2D eigenvalue weighted by Crippen LogP contribution is 2.25. The van der Waals surface area contributed by atoms with Gasteiger partial charge in [-0.1, -0.05) is 6.42 Å². The third-order valence-electron chi connectivity index (χ3n) is 2.49.